The number of nitrogens with zero attached hydrogens (tertiary/aromatic N) is 2. The van der Waals surface area contributed by atoms with Crippen LogP contribution in [0.15, 0.2) is 9.98 Å². The zero-order valence-corrected chi connectivity index (χ0v) is 5.30. The Bertz CT molecular complexity index is 78.6. The average molecular weight is 112 g/mol. The van der Waals surface area contributed by atoms with Crippen LogP contribution in [0.4, 0.5) is 0 Å². The van der Waals surface area contributed by atoms with Crippen molar-refractivity contribution in [2.45, 2.75) is 19.4 Å². The molecule has 0 aromatic carbocycles. The van der Waals surface area contributed by atoms with E-state index in [-0.39, 0.29) is 0 Å². The highest BCUT2D eigenvalue weighted by Gasteiger charge is 1.92. The lowest BCUT2D eigenvalue weighted by Gasteiger charge is -1.98. The summed E-state index contributed by atoms with van der Waals surface area (Å²) in [6.07, 6.45) is 0.965. The van der Waals surface area contributed by atoms with Gasteiger partial charge in [0.15, 0.2) is 0 Å². The molecule has 0 aliphatic heterocycles. The minimum absolute atomic E-state index is 0.334. The van der Waals surface area contributed by atoms with Crippen LogP contribution in [0.3, 0.4) is 0 Å². The summed E-state index contributed by atoms with van der Waals surface area (Å²) < 4.78 is 0. The van der Waals surface area contributed by atoms with Gasteiger partial charge in [-0.25, -0.2) is 0 Å². The second-order valence-corrected chi connectivity index (χ2v) is 1.77. The van der Waals surface area contributed by atoms with Crippen molar-refractivity contribution >= 4 is 13.4 Å². The molecule has 2 nitrogen and oxygen atoms in total. The topological polar surface area (TPSA) is 24.7 Å². The molecule has 0 aliphatic carbocycles. The molecule has 1 unspecified atom stereocenters. The maximum atomic E-state index is 3.79. The summed E-state index contributed by atoms with van der Waals surface area (Å²) in [5, 5.41) is 0. The number of aliphatic imine (C=N–C) groups is 2. The van der Waals surface area contributed by atoms with Crippen LogP contribution in [0.2, 0.25) is 0 Å². The van der Waals surface area contributed by atoms with Gasteiger partial charge in [-0.05, 0) is 26.8 Å². The van der Waals surface area contributed by atoms with E-state index in [9.17, 15) is 0 Å². The Labute approximate surface area is 50.4 Å². The molecule has 1 atom stereocenters. The minimum Gasteiger partial charge on any atom is -0.301 e. The van der Waals surface area contributed by atoms with Crippen LogP contribution in [-0.4, -0.2) is 26.0 Å². The highest BCUT2D eigenvalue weighted by Crippen LogP contribution is 1.93. The minimum atomic E-state index is 0.334. The van der Waals surface area contributed by atoms with Crippen molar-refractivity contribution in [2.75, 3.05) is 6.54 Å². The van der Waals surface area contributed by atoms with Crippen LogP contribution in [0.5, 0.6) is 0 Å². The van der Waals surface area contributed by atoms with E-state index in [1.807, 2.05) is 6.92 Å². The molecular weight excluding hydrogens is 100 g/mol. The highest BCUT2D eigenvalue weighted by atomic mass is 14.8. The lowest BCUT2D eigenvalue weighted by molar-refractivity contribution is 0.685. The van der Waals surface area contributed by atoms with Gasteiger partial charge in [-0.3, -0.25) is 4.99 Å². The Morgan fingerprint density at radius 2 is 2.12 bits per heavy atom. The van der Waals surface area contributed by atoms with E-state index < -0.39 is 0 Å². The van der Waals surface area contributed by atoms with E-state index >= 15 is 0 Å². The van der Waals surface area contributed by atoms with Crippen molar-refractivity contribution < 1.29 is 0 Å². The molecule has 0 saturated carbocycles. The molecule has 0 fully saturated rings. The molecule has 0 saturated heterocycles. The van der Waals surface area contributed by atoms with Gasteiger partial charge in [-0.2, -0.15) is 0 Å². The van der Waals surface area contributed by atoms with Gasteiger partial charge >= 0.3 is 0 Å². The largest absolute Gasteiger partial charge is 0.301 e. The van der Waals surface area contributed by atoms with E-state index in [0.717, 1.165) is 13.0 Å². The van der Waals surface area contributed by atoms with Crippen molar-refractivity contribution in [3.8, 4) is 0 Å². The Morgan fingerprint density at radius 3 is 2.50 bits per heavy atom. The van der Waals surface area contributed by atoms with E-state index in [0.29, 0.717) is 6.04 Å². The Balaban J connectivity index is 3.09. The first-order valence-electron chi connectivity index (χ1n) is 2.69. The molecular formula is C6H12N2. The second-order valence-electron chi connectivity index (χ2n) is 1.77. The van der Waals surface area contributed by atoms with Crippen molar-refractivity contribution in [1.82, 2.24) is 0 Å². The molecule has 0 heterocycles. The zero-order valence-electron chi connectivity index (χ0n) is 5.30. The Kier molecular flexibility index (Phi) is 4.13. The van der Waals surface area contributed by atoms with Gasteiger partial charge in [0.05, 0.1) is 0 Å². The van der Waals surface area contributed by atoms with Gasteiger partial charge in [0, 0.05) is 12.6 Å². The predicted molar refractivity (Wildman–Crippen MR) is 38.0 cm³/mol. The first-order valence-corrected chi connectivity index (χ1v) is 2.69. The standard InChI is InChI=1S/C6H12N2/c1-6(8-3)4-5-7-2/h6H,2-5H2,1H3. The van der Waals surface area contributed by atoms with E-state index in [2.05, 4.69) is 23.4 Å². The summed E-state index contributed by atoms with van der Waals surface area (Å²) in [5.74, 6) is 0. The molecule has 2 heteroatoms. The molecule has 0 aromatic rings. The maximum absolute atomic E-state index is 3.79. The molecule has 0 amide bonds. The average Bonchev–Trinajstić information content (AvgIpc) is 1.83. The molecule has 0 rings (SSSR count). The molecule has 46 valence electrons. The van der Waals surface area contributed by atoms with Crippen LogP contribution < -0.4 is 0 Å². The van der Waals surface area contributed by atoms with Crippen LogP contribution in [0.25, 0.3) is 0 Å². The normalized spacial score (nSPS) is 12.6. The monoisotopic (exact) mass is 112 g/mol. The first-order chi connectivity index (χ1) is 3.81. The second kappa shape index (κ2) is 4.50. The maximum Gasteiger partial charge on any atom is 0.0481 e. The van der Waals surface area contributed by atoms with Crippen LogP contribution >= 0.6 is 0 Å². The van der Waals surface area contributed by atoms with Crippen molar-refractivity contribution in [2.24, 2.45) is 9.98 Å². The lowest BCUT2D eigenvalue weighted by atomic mass is 10.2. The number of rotatable bonds is 4. The van der Waals surface area contributed by atoms with E-state index in [4.69, 9.17) is 0 Å². The summed E-state index contributed by atoms with van der Waals surface area (Å²) in [4.78, 5) is 7.47. The molecule has 0 aliphatic rings. The molecule has 0 bridgehead atoms. The fourth-order valence-electron chi connectivity index (χ4n) is 0.369. The van der Waals surface area contributed by atoms with Crippen LogP contribution in [0.1, 0.15) is 13.3 Å². The highest BCUT2D eigenvalue weighted by molar-refractivity contribution is 5.24. The fourth-order valence-corrected chi connectivity index (χ4v) is 0.369. The SMILES string of the molecule is C=NCCC(C)N=C. The summed E-state index contributed by atoms with van der Waals surface area (Å²) in [7, 11) is 0. The number of hydrogen-bond donors (Lipinski definition) is 0. The van der Waals surface area contributed by atoms with Gasteiger partial charge in [0.25, 0.3) is 0 Å². The molecule has 0 aromatic heterocycles. The van der Waals surface area contributed by atoms with Gasteiger partial charge in [0.2, 0.25) is 0 Å². The van der Waals surface area contributed by atoms with Gasteiger partial charge in [0.1, 0.15) is 0 Å². The van der Waals surface area contributed by atoms with Gasteiger partial charge < -0.3 is 4.99 Å². The molecule has 0 radical (unpaired) electrons. The Hall–Kier alpha value is -0.660. The molecule has 8 heavy (non-hydrogen) atoms. The van der Waals surface area contributed by atoms with Gasteiger partial charge in [-0.15, -0.1) is 0 Å². The molecule has 0 N–H and O–H groups in total. The summed E-state index contributed by atoms with van der Waals surface area (Å²) in [5.41, 5.74) is 0. The fraction of sp³-hybridized carbons (Fsp3) is 0.667. The van der Waals surface area contributed by atoms with E-state index in [1.165, 1.54) is 0 Å². The zero-order chi connectivity index (χ0) is 6.41. The lowest BCUT2D eigenvalue weighted by Crippen LogP contribution is -1.97. The van der Waals surface area contributed by atoms with Gasteiger partial charge in [-0.1, -0.05) is 0 Å². The van der Waals surface area contributed by atoms with Crippen molar-refractivity contribution in [3.05, 3.63) is 0 Å². The smallest absolute Gasteiger partial charge is 0.0481 e. The summed E-state index contributed by atoms with van der Waals surface area (Å²) >= 11 is 0. The third-order valence-corrected chi connectivity index (χ3v) is 1.02. The number of hydrogen-bond acceptors (Lipinski definition) is 2. The van der Waals surface area contributed by atoms with Crippen molar-refractivity contribution in [3.63, 3.8) is 0 Å². The van der Waals surface area contributed by atoms with Crippen LogP contribution in [-0.2, 0) is 0 Å². The predicted octanol–water partition coefficient (Wildman–Crippen LogP) is 1.17. The molecule has 0 spiro atoms. The summed E-state index contributed by atoms with van der Waals surface area (Å²) in [6.45, 7) is 9.56. The Morgan fingerprint density at radius 1 is 1.50 bits per heavy atom. The van der Waals surface area contributed by atoms with Crippen molar-refractivity contribution in [1.29, 1.82) is 0 Å². The quantitative estimate of drug-likeness (QED) is 0.488. The third-order valence-electron chi connectivity index (χ3n) is 1.02. The van der Waals surface area contributed by atoms with Crippen LogP contribution in [0, 0.1) is 0 Å². The third kappa shape index (κ3) is 3.53. The van der Waals surface area contributed by atoms with E-state index in [1.54, 1.807) is 0 Å². The summed E-state index contributed by atoms with van der Waals surface area (Å²) in [6, 6.07) is 0.334. The first kappa shape index (κ1) is 7.34.